The zero-order valence-corrected chi connectivity index (χ0v) is 10.3. The van der Waals surface area contributed by atoms with Crippen molar-refractivity contribution in [3.63, 3.8) is 0 Å². The SMILES string of the molecule is CCC1CCC2(CC1)NCC(C)CS2. The third-order valence-corrected chi connectivity index (χ3v) is 5.75. The Morgan fingerprint density at radius 1 is 1.36 bits per heavy atom. The first-order valence-corrected chi connectivity index (χ1v) is 7.11. The van der Waals surface area contributed by atoms with E-state index in [4.69, 9.17) is 0 Å². The van der Waals surface area contributed by atoms with Gasteiger partial charge in [0.05, 0.1) is 4.87 Å². The molecular formula is C12H23NS. The molecule has 1 saturated carbocycles. The highest BCUT2D eigenvalue weighted by atomic mass is 32.2. The Balaban J connectivity index is 1.86. The molecule has 1 N–H and O–H groups in total. The summed E-state index contributed by atoms with van der Waals surface area (Å²) in [4.78, 5) is 0.484. The Bertz CT molecular complexity index is 175. The molecule has 1 unspecified atom stereocenters. The van der Waals surface area contributed by atoms with Gasteiger partial charge in [-0.05, 0) is 49.8 Å². The van der Waals surface area contributed by atoms with Crippen LogP contribution in [0, 0.1) is 11.8 Å². The van der Waals surface area contributed by atoms with Gasteiger partial charge in [0.15, 0.2) is 0 Å². The molecule has 2 heteroatoms. The molecule has 1 atom stereocenters. The zero-order valence-electron chi connectivity index (χ0n) is 9.51. The van der Waals surface area contributed by atoms with Crippen LogP contribution in [0.4, 0.5) is 0 Å². The van der Waals surface area contributed by atoms with E-state index >= 15 is 0 Å². The summed E-state index contributed by atoms with van der Waals surface area (Å²) in [5.74, 6) is 3.25. The van der Waals surface area contributed by atoms with E-state index in [2.05, 4.69) is 30.9 Å². The Hall–Kier alpha value is 0.310. The number of rotatable bonds is 1. The molecule has 1 saturated heterocycles. The van der Waals surface area contributed by atoms with E-state index in [-0.39, 0.29) is 0 Å². The van der Waals surface area contributed by atoms with E-state index in [0.29, 0.717) is 4.87 Å². The van der Waals surface area contributed by atoms with Crippen LogP contribution in [0.5, 0.6) is 0 Å². The molecule has 0 bridgehead atoms. The van der Waals surface area contributed by atoms with Crippen molar-refractivity contribution in [1.29, 1.82) is 0 Å². The Morgan fingerprint density at radius 2 is 2.07 bits per heavy atom. The molecule has 1 aliphatic heterocycles. The summed E-state index contributed by atoms with van der Waals surface area (Å²) in [5.41, 5.74) is 0. The quantitative estimate of drug-likeness (QED) is 0.717. The number of thioether (sulfide) groups is 1. The van der Waals surface area contributed by atoms with E-state index in [1.165, 1.54) is 44.4 Å². The molecule has 2 rings (SSSR count). The minimum atomic E-state index is 0.484. The van der Waals surface area contributed by atoms with Crippen molar-refractivity contribution < 1.29 is 0 Å². The van der Waals surface area contributed by atoms with Crippen LogP contribution in [-0.4, -0.2) is 17.2 Å². The Labute approximate surface area is 92.4 Å². The van der Waals surface area contributed by atoms with E-state index in [9.17, 15) is 0 Å². The fraction of sp³-hybridized carbons (Fsp3) is 1.00. The highest BCUT2D eigenvalue weighted by molar-refractivity contribution is 8.00. The van der Waals surface area contributed by atoms with Crippen molar-refractivity contribution in [3.05, 3.63) is 0 Å². The van der Waals surface area contributed by atoms with Crippen LogP contribution in [0.25, 0.3) is 0 Å². The summed E-state index contributed by atoms with van der Waals surface area (Å²) in [6, 6.07) is 0. The van der Waals surface area contributed by atoms with E-state index in [1.807, 2.05) is 0 Å². The molecule has 0 aromatic rings. The molecule has 2 fully saturated rings. The van der Waals surface area contributed by atoms with E-state index in [1.54, 1.807) is 0 Å². The van der Waals surface area contributed by atoms with Crippen molar-refractivity contribution in [2.24, 2.45) is 11.8 Å². The van der Waals surface area contributed by atoms with Crippen LogP contribution in [0.1, 0.15) is 46.0 Å². The molecule has 82 valence electrons. The van der Waals surface area contributed by atoms with Gasteiger partial charge >= 0.3 is 0 Å². The maximum Gasteiger partial charge on any atom is 0.0645 e. The van der Waals surface area contributed by atoms with Gasteiger partial charge in [0.1, 0.15) is 0 Å². The van der Waals surface area contributed by atoms with Crippen LogP contribution >= 0.6 is 11.8 Å². The third kappa shape index (κ3) is 2.27. The Morgan fingerprint density at radius 3 is 2.57 bits per heavy atom. The first-order chi connectivity index (χ1) is 6.74. The number of nitrogens with one attached hydrogen (secondary N) is 1. The van der Waals surface area contributed by atoms with Crippen LogP contribution in [0.15, 0.2) is 0 Å². The van der Waals surface area contributed by atoms with Crippen molar-refractivity contribution in [2.75, 3.05) is 12.3 Å². The molecule has 1 heterocycles. The van der Waals surface area contributed by atoms with Gasteiger partial charge in [0, 0.05) is 0 Å². The summed E-state index contributed by atoms with van der Waals surface area (Å²) >= 11 is 2.20. The van der Waals surface area contributed by atoms with Gasteiger partial charge in [-0.1, -0.05) is 20.3 Å². The van der Waals surface area contributed by atoms with Crippen molar-refractivity contribution >= 4 is 11.8 Å². The topological polar surface area (TPSA) is 12.0 Å². The zero-order chi connectivity index (χ0) is 10.0. The number of hydrogen-bond donors (Lipinski definition) is 1. The first-order valence-electron chi connectivity index (χ1n) is 6.13. The molecule has 0 amide bonds. The van der Waals surface area contributed by atoms with Gasteiger partial charge in [-0.2, -0.15) is 0 Å². The van der Waals surface area contributed by atoms with Crippen molar-refractivity contribution in [3.8, 4) is 0 Å². The maximum atomic E-state index is 3.79. The molecule has 1 nitrogen and oxygen atoms in total. The normalized spacial score (nSPS) is 44.1. The first kappa shape index (κ1) is 10.8. The number of hydrogen-bond acceptors (Lipinski definition) is 2. The van der Waals surface area contributed by atoms with Crippen molar-refractivity contribution in [2.45, 2.75) is 50.8 Å². The summed E-state index contributed by atoms with van der Waals surface area (Å²) < 4.78 is 0. The average Bonchev–Trinajstić information content (AvgIpc) is 2.24. The van der Waals surface area contributed by atoms with Crippen LogP contribution in [0.3, 0.4) is 0 Å². The lowest BCUT2D eigenvalue weighted by Gasteiger charge is -2.44. The molecular weight excluding hydrogens is 190 g/mol. The third-order valence-electron chi connectivity index (χ3n) is 3.91. The van der Waals surface area contributed by atoms with Crippen LogP contribution < -0.4 is 5.32 Å². The van der Waals surface area contributed by atoms with Gasteiger partial charge in [-0.25, -0.2) is 0 Å². The van der Waals surface area contributed by atoms with E-state index in [0.717, 1.165) is 11.8 Å². The summed E-state index contributed by atoms with van der Waals surface area (Å²) in [6.07, 6.45) is 7.10. The molecule has 0 radical (unpaired) electrons. The average molecular weight is 213 g/mol. The predicted molar refractivity (Wildman–Crippen MR) is 64.6 cm³/mol. The molecule has 1 spiro atoms. The molecule has 2 aliphatic rings. The van der Waals surface area contributed by atoms with Crippen LogP contribution in [0.2, 0.25) is 0 Å². The van der Waals surface area contributed by atoms with Crippen molar-refractivity contribution in [1.82, 2.24) is 5.32 Å². The standard InChI is InChI=1S/C12H23NS/c1-3-11-4-6-12(7-5-11)13-8-10(2)9-14-12/h10-11,13H,3-9H2,1-2H3. The second kappa shape index (κ2) is 4.44. The largest absolute Gasteiger partial charge is 0.303 e. The summed E-state index contributed by atoms with van der Waals surface area (Å²) in [5, 5.41) is 3.79. The lowest BCUT2D eigenvalue weighted by molar-refractivity contribution is 0.250. The fourth-order valence-corrected chi connectivity index (χ4v) is 4.08. The van der Waals surface area contributed by atoms with Gasteiger partial charge in [-0.3, -0.25) is 0 Å². The second-order valence-electron chi connectivity index (χ2n) is 5.14. The van der Waals surface area contributed by atoms with Gasteiger partial charge in [-0.15, -0.1) is 11.8 Å². The summed E-state index contributed by atoms with van der Waals surface area (Å²) in [6.45, 7) is 5.93. The highest BCUT2D eigenvalue weighted by Crippen LogP contribution is 2.43. The van der Waals surface area contributed by atoms with Gasteiger partial charge in [0.2, 0.25) is 0 Å². The smallest absolute Gasteiger partial charge is 0.0645 e. The minimum absolute atomic E-state index is 0.484. The molecule has 1 aliphatic carbocycles. The highest BCUT2D eigenvalue weighted by Gasteiger charge is 2.37. The predicted octanol–water partition coefficient (Wildman–Crippen LogP) is 3.26. The van der Waals surface area contributed by atoms with Gasteiger partial charge < -0.3 is 5.32 Å². The molecule has 14 heavy (non-hydrogen) atoms. The minimum Gasteiger partial charge on any atom is -0.303 e. The molecule has 0 aromatic carbocycles. The van der Waals surface area contributed by atoms with E-state index < -0.39 is 0 Å². The van der Waals surface area contributed by atoms with Crippen LogP contribution in [-0.2, 0) is 0 Å². The summed E-state index contributed by atoms with van der Waals surface area (Å²) in [7, 11) is 0. The monoisotopic (exact) mass is 213 g/mol. The van der Waals surface area contributed by atoms with Gasteiger partial charge in [0.25, 0.3) is 0 Å². The maximum absolute atomic E-state index is 3.79. The fourth-order valence-electron chi connectivity index (χ4n) is 2.65. The Kier molecular flexibility index (Phi) is 3.43. The second-order valence-corrected chi connectivity index (χ2v) is 6.55. The molecule has 0 aromatic heterocycles. The lowest BCUT2D eigenvalue weighted by atomic mass is 9.84. The lowest BCUT2D eigenvalue weighted by Crippen LogP contribution is -2.50.